The molecule has 0 aliphatic rings. The summed E-state index contributed by atoms with van der Waals surface area (Å²) in [6, 6.07) is 15.6. The molecule has 9 nitrogen and oxygen atoms in total. The van der Waals surface area contributed by atoms with Crippen LogP contribution in [-0.4, -0.2) is 55.3 Å². The van der Waals surface area contributed by atoms with Crippen molar-refractivity contribution >= 4 is 52.0 Å². The summed E-state index contributed by atoms with van der Waals surface area (Å²) in [4.78, 5) is 46.5. The average molecular weight is 682 g/mol. The van der Waals surface area contributed by atoms with Gasteiger partial charge >= 0.3 is 5.97 Å². The van der Waals surface area contributed by atoms with E-state index in [1.54, 1.807) is 31.2 Å². The van der Waals surface area contributed by atoms with Gasteiger partial charge in [0.25, 0.3) is 5.91 Å². The molecule has 10 heteroatoms. The van der Waals surface area contributed by atoms with Crippen molar-refractivity contribution in [2.45, 2.75) is 13.8 Å². The zero-order valence-corrected chi connectivity index (χ0v) is 28.0. The number of halogens is 1. The number of hydrogen-bond acceptors (Lipinski definition) is 8. The number of aliphatic hydroxyl groups excluding tert-OH is 1. The van der Waals surface area contributed by atoms with E-state index in [2.05, 4.69) is 75.6 Å². The third-order valence-electron chi connectivity index (χ3n) is 6.53. The fourth-order valence-corrected chi connectivity index (χ4v) is 4.26. The Labute approximate surface area is 296 Å². The number of nitrogens with zero attached hydrogens (tertiary/aromatic N) is 2. The summed E-state index contributed by atoms with van der Waals surface area (Å²) < 4.78 is 10.1. The number of esters is 1. The molecule has 0 fully saturated rings. The number of amides is 1. The van der Waals surface area contributed by atoms with E-state index in [0.29, 0.717) is 30.1 Å². The number of anilines is 2. The van der Waals surface area contributed by atoms with Gasteiger partial charge in [-0.25, -0.2) is 9.79 Å². The van der Waals surface area contributed by atoms with Crippen molar-refractivity contribution in [2.75, 3.05) is 37.0 Å². The Kier molecular flexibility index (Phi) is 14.8. The Morgan fingerprint density at radius 2 is 1.54 bits per heavy atom. The number of benzene rings is 3. The average Bonchev–Trinajstić information content (AvgIpc) is 3.12. The summed E-state index contributed by atoms with van der Waals surface area (Å²) in [5.41, 5.74) is 1.69. The monoisotopic (exact) mass is 681 g/mol. The van der Waals surface area contributed by atoms with E-state index < -0.39 is 23.4 Å². The lowest BCUT2D eigenvalue weighted by Crippen LogP contribution is -2.30. The second kappa shape index (κ2) is 19.7. The van der Waals surface area contributed by atoms with Crippen molar-refractivity contribution in [1.29, 1.82) is 0 Å². The van der Waals surface area contributed by atoms with Crippen molar-refractivity contribution in [3.63, 3.8) is 0 Å². The van der Waals surface area contributed by atoms with E-state index >= 15 is 0 Å². The molecule has 3 aromatic rings. The molecule has 0 aromatic heterocycles. The maximum absolute atomic E-state index is 13.7. The van der Waals surface area contributed by atoms with E-state index in [0.717, 1.165) is 5.69 Å². The summed E-state index contributed by atoms with van der Waals surface area (Å²) in [5, 5.41) is 12.1. The second-order valence-corrected chi connectivity index (χ2v) is 10.1. The highest BCUT2D eigenvalue weighted by Crippen LogP contribution is 2.27. The van der Waals surface area contributed by atoms with E-state index in [9.17, 15) is 19.5 Å². The molecule has 3 rings (SSSR count). The summed E-state index contributed by atoms with van der Waals surface area (Å²) in [6.07, 6.45) is 7.14. The Morgan fingerprint density at radius 1 is 0.900 bits per heavy atom. The fraction of sp³-hybridized carbons (Fsp3) is 0.150. The molecule has 0 aliphatic carbocycles. The van der Waals surface area contributed by atoms with Crippen LogP contribution in [-0.2, 0) is 9.53 Å². The standard InChI is InChI=1S/C40H28ClN3O6/c1-5-7-8-9-10-11-12-13-14-15-26-50-40(48)31-18-22-34(41)36(28-31)43-39(47)37(38(46)30-16-20-33(49-4)21-17-30)42-35-23-19-32(27-29(35)3)44(6-2)24-25-45/h1,16-23,27-28,45H,6,24-25H2,2-4H3,(H,43,47). The van der Waals surface area contributed by atoms with Gasteiger partial charge in [0, 0.05) is 53.9 Å². The van der Waals surface area contributed by atoms with Crippen LogP contribution >= 0.6 is 11.6 Å². The number of nitrogens with one attached hydrogen (secondary N) is 1. The number of hydrogen-bond donors (Lipinski definition) is 2. The first-order valence-corrected chi connectivity index (χ1v) is 15.1. The highest BCUT2D eigenvalue weighted by Gasteiger charge is 2.24. The Balaban J connectivity index is 1.89. The number of aliphatic hydroxyl groups is 1. The highest BCUT2D eigenvalue weighted by atomic mass is 35.5. The number of ether oxygens (including phenoxy) is 2. The van der Waals surface area contributed by atoms with Crippen molar-refractivity contribution in [3.05, 3.63) is 82.4 Å². The zero-order chi connectivity index (χ0) is 36.3. The Hall–Kier alpha value is -6.85. The molecule has 0 aliphatic heterocycles. The lowest BCUT2D eigenvalue weighted by molar-refractivity contribution is -0.110. The van der Waals surface area contributed by atoms with Gasteiger partial charge in [-0.3, -0.25) is 9.59 Å². The first-order chi connectivity index (χ1) is 24.2. The van der Waals surface area contributed by atoms with Gasteiger partial charge in [-0.2, -0.15) is 0 Å². The van der Waals surface area contributed by atoms with Gasteiger partial charge in [-0.05, 0) is 110 Å². The first kappa shape index (κ1) is 37.6. The van der Waals surface area contributed by atoms with Crippen LogP contribution in [0.25, 0.3) is 0 Å². The zero-order valence-electron chi connectivity index (χ0n) is 27.2. The smallest absolute Gasteiger partial charge is 0.352 e. The van der Waals surface area contributed by atoms with Crippen molar-refractivity contribution in [3.8, 4) is 77.5 Å². The molecule has 0 heterocycles. The third-order valence-corrected chi connectivity index (χ3v) is 6.86. The minimum atomic E-state index is -0.874. The lowest BCUT2D eigenvalue weighted by atomic mass is 10.0. The van der Waals surface area contributed by atoms with Crippen molar-refractivity contribution in [1.82, 2.24) is 0 Å². The number of aliphatic imine (C=N–C) groups is 1. The maximum Gasteiger partial charge on any atom is 0.352 e. The third kappa shape index (κ3) is 11.1. The molecule has 0 bridgehead atoms. The van der Waals surface area contributed by atoms with Crippen LogP contribution in [0.2, 0.25) is 5.02 Å². The molecule has 3 aromatic carbocycles. The SMILES string of the molecule is C#CC#CC#CC#CC#CC#COC(=O)c1ccc(Cl)c(NC(=O)C(=Nc2ccc(N(CC)CCO)cc2C)C(=O)c2ccc(OC)cc2)c1. The number of aryl methyl sites for hydroxylation is 1. The van der Waals surface area contributed by atoms with Gasteiger partial charge in [-0.15, -0.1) is 6.42 Å². The molecule has 246 valence electrons. The molecular weight excluding hydrogens is 654 g/mol. The normalized spacial score (nSPS) is 9.48. The molecule has 0 radical (unpaired) electrons. The highest BCUT2D eigenvalue weighted by molar-refractivity contribution is 6.70. The van der Waals surface area contributed by atoms with Crippen LogP contribution in [0.3, 0.4) is 0 Å². The van der Waals surface area contributed by atoms with E-state index in [4.69, 9.17) is 27.5 Å². The second-order valence-electron chi connectivity index (χ2n) is 9.70. The lowest BCUT2D eigenvalue weighted by Gasteiger charge is -2.22. The first-order valence-electron chi connectivity index (χ1n) is 14.7. The van der Waals surface area contributed by atoms with Gasteiger partial charge in [0.2, 0.25) is 5.78 Å². The van der Waals surface area contributed by atoms with Crippen LogP contribution in [0.15, 0.2) is 65.7 Å². The van der Waals surface area contributed by atoms with Gasteiger partial charge in [0.05, 0.1) is 35.7 Å². The molecule has 0 spiro atoms. The van der Waals surface area contributed by atoms with E-state index in [1.807, 2.05) is 17.9 Å². The largest absolute Gasteiger partial charge is 0.497 e. The Bertz CT molecular complexity index is 2180. The molecule has 0 saturated heterocycles. The van der Waals surface area contributed by atoms with Crippen LogP contribution < -0.4 is 15.0 Å². The van der Waals surface area contributed by atoms with Gasteiger partial charge in [0.1, 0.15) is 11.9 Å². The van der Waals surface area contributed by atoms with Crippen LogP contribution in [0.1, 0.15) is 33.2 Å². The molecule has 2 N–H and O–H groups in total. The number of methoxy groups -OCH3 is 1. The minimum absolute atomic E-state index is 0.00450. The summed E-state index contributed by atoms with van der Waals surface area (Å²) in [6.45, 7) is 4.84. The van der Waals surface area contributed by atoms with Gasteiger partial charge in [0.15, 0.2) is 5.71 Å². The number of rotatable bonds is 11. The van der Waals surface area contributed by atoms with Gasteiger partial charge in [-0.1, -0.05) is 11.6 Å². The molecule has 0 unspecified atom stereocenters. The number of carbonyl (C=O) groups excluding carboxylic acids is 3. The van der Waals surface area contributed by atoms with E-state index in [-0.39, 0.29) is 28.4 Å². The summed E-state index contributed by atoms with van der Waals surface area (Å²) in [5.74, 6) is 21.8. The number of carbonyl (C=O) groups is 3. The number of terminal acetylenes is 1. The van der Waals surface area contributed by atoms with Crippen LogP contribution in [0.4, 0.5) is 17.1 Å². The quantitative estimate of drug-likeness (QED) is 0.0979. The number of likely N-dealkylation sites (N-methyl/N-ethyl adjacent to an activating group) is 1. The predicted molar refractivity (Wildman–Crippen MR) is 194 cm³/mol. The van der Waals surface area contributed by atoms with Gasteiger partial charge < -0.3 is 24.8 Å². The minimum Gasteiger partial charge on any atom is -0.497 e. The molecular formula is C40H28ClN3O6. The maximum atomic E-state index is 13.7. The molecule has 50 heavy (non-hydrogen) atoms. The summed E-state index contributed by atoms with van der Waals surface area (Å²) in [7, 11) is 1.49. The van der Waals surface area contributed by atoms with Crippen molar-refractivity contribution < 1.29 is 29.0 Å². The van der Waals surface area contributed by atoms with Crippen LogP contribution in [0, 0.1) is 78.7 Å². The molecule has 0 atom stereocenters. The molecule has 0 saturated carbocycles. The van der Waals surface area contributed by atoms with Crippen LogP contribution in [0.5, 0.6) is 5.75 Å². The van der Waals surface area contributed by atoms with E-state index in [1.165, 1.54) is 37.4 Å². The Morgan fingerprint density at radius 3 is 2.14 bits per heavy atom. The van der Waals surface area contributed by atoms with Crippen molar-refractivity contribution in [2.24, 2.45) is 4.99 Å². The number of ketones is 1. The summed E-state index contributed by atoms with van der Waals surface area (Å²) >= 11 is 6.36. The number of Topliss-reactive ketones (excluding diaryl/α,β-unsaturated/α-hetero) is 1. The fourth-order valence-electron chi connectivity index (χ4n) is 4.10. The predicted octanol–water partition coefficient (Wildman–Crippen LogP) is 4.83. The topological polar surface area (TPSA) is 118 Å². The molecule has 1 amide bonds.